The first-order chi connectivity index (χ1) is 6.47. The van der Waals surface area contributed by atoms with E-state index >= 15 is 0 Å². The first-order valence-corrected chi connectivity index (χ1v) is 5.06. The molecule has 0 unspecified atom stereocenters. The molecule has 0 saturated heterocycles. The number of nitrogens with one attached hydrogen (secondary N) is 1. The van der Waals surface area contributed by atoms with Gasteiger partial charge in [0.15, 0.2) is 0 Å². The molecule has 0 bridgehead atoms. The fourth-order valence-corrected chi connectivity index (χ4v) is 1.29. The highest BCUT2D eigenvalue weighted by Crippen LogP contribution is 2.09. The van der Waals surface area contributed by atoms with Gasteiger partial charge in [0.25, 0.3) is 0 Å². The molecule has 1 aliphatic rings. The van der Waals surface area contributed by atoms with Gasteiger partial charge in [0, 0.05) is 6.04 Å². The molecule has 1 aliphatic carbocycles. The zero-order valence-electron chi connectivity index (χ0n) is 9.17. The molecule has 0 aromatic carbocycles. The minimum atomic E-state index is -0.245. The lowest BCUT2D eigenvalue weighted by Crippen LogP contribution is -2.37. The van der Waals surface area contributed by atoms with Gasteiger partial charge < -0.3 is 10.1 Å². The molecular weight excluding hydrogens is 178 g/mol. The fraction of sp³-hybridized carbons (Fsp3) is 0.727. The van der Waals surface area contributed by atoms with Crippen LogP contribution in [0.4, 0.5) is 0 Å². The molecule has 3 nitrogen and oxygen atoms in total. The van der Waals surface area contributed by atoms with Crippen molar-refractivity contribution < 1.29 is 9.53 Å². The Kier molecular flexibility index (Phi) is 3.69. The number of carbonyl (C=O) groups is 1. The van der Waals surface area contributed by atoms with Gasteiger partial charge in [-0.25, -0.2) is 0 Å². The summed E-state index contributed by atoms with van der Waals surface area (Å²) in [7, 11) is 0. The summed E-state index contributed by atoms with van der Waals surface area (Å²) in [6.45, 7) is 5.98. The van der Waals surface area contributed by atoms with Crippen molar-refractivity contribution in [3.05, 3.63) is 12.2 Å². The van der Waals surface area contributed by atoms with E-state index in [0.29, 0.717) is 0 Å². The molecule has 0 saturated carbocycles. The van der Waals surface area contributed by atoms with Gasteiger partial charge in [0.2, 0.25) is 5.91 Å². The van der Waals surface area contributed by atoms with E-state index in [4.69, 9.17) is 4.74 Å². The average molecular weight is 197 g/mol. The summed E-state index contributed by atoms with van der Waals surface area (Å²) in [4.78, 5) is 11.4. The second kappa shape index (κ2) is 4.60. The molecule has 0 aromatic heterocycles. The normalized spacial score (nSPS) is 17.4. The lowest BCUT2D eigenvalue weighted by Gasteiger charge is -2.20. The maximum atomic E-state index is 11.4. The van der Waals surface area contributed by atoms with Crippen molar-refractivity contribution in [2.45, 2.75) is 45.3 Å². The van der Waals surface area contributed by atoms with E-state index in [2.05, 4.69) is 17.5 Å². The molecular formula is C11H19NO2. The number of ether oxygens (including phenoxy) is 1. The Morgan fingerprint density at radius 2 is 2.00 bits per heavy atom. The van der Waals surface area contributed by atoms with E-state index in [1.54, 1.807) is 0 Å². The maximum absolute atomic E-state index is 11.4. The first-order valence-electron chi connectivity index (χ1n) is 5.06. The van der Waals surface area contributed by atoms with Gasteiger partial charge in [0.05, 0.1) is 5.60 Å². The summed E-state index contributed by atoms with van der Waals surface area (Å²) in [6.07, 6.45) is 6.08. The van der Waals surface area contributed by atoms with Crippen LogP contribution in [0, 0.1) is 0 Å². The Hall–Kier alpha value is -0.830. The van der Waals surface area contributed by atoms with Crippen LogP contribution < -0.4 is 5.32 Å². The monoisotopic (exact) mass is 197 g/mol. The van der Waals surface area contributed by atoms with Gasteiger partial charge in [0.1, 0.15) is 6.61 Å². The van der Waals surface area contributed by atoms with Crippen LogP contribution in [-0.2, 0) is 9.53 Å². The Bertz CT molecular complexity index is 220. The van der Waals surface area contributed by atoms with Crippen LogP contribution >= 0.6 is 0 Å². The number of amides is 1. The molecule has 1 amide bonds. The highest BCUT2D eigenvalue weighted by Gasteiger charge is 2.16. The van der Waals surface area contributed by atoms with Crippen molar-refractivity contribution in [1.82, 2.24) is 5.32 Å². The van der Waals surface area contributed by atoms with Crippen molar-refractivity contribution in [3.63, 3.8) is 0 Å². The molecule has 0 radical (unpaired) electrons. The Morgan fingerprint density at radius 1 is 1.43 bits per heavy atom. The van der Waals surface area contributed by atoms with Crippen molar-refractivity contribution in [3.8, 4) is 0 Å². The predicted molar refractivity (Wildman–Crippen MR) is 56.0 cm³/mol. The van der Waals surface area contributed by atoms with E-state index in [1.807, 2.05) is 20.8 Å². The summed E-state index contributed by atoms with van der Waals surface area (Å²) in [6, 6.07) is 0.283. The van der Waals surface area contributed by atoms with E-state index in [0.717, 1.165) is 12.8 Å². The topological polar surface area (TPSA) is 38.3 Å². The average Bonchev–Trinajstić information content (AvgIpc) is 2.52. The van der Waals surface area contributed by atoms with Crippen LogP contribution in [0.5, 0.6) is 0 Å². The molecule has 14 heavy (non-hydrogen) atoms. The minimum absolute atomic E-state index is 0.0198. The van der Waals surface area contributed by atoms with Crippen LogP contribution in [0.15, 0.2) is 12.2 Å². The fourth-order valence-electron chi connectivity index (χ4n) is 1.29. The molecule has 0 fully saturated rings. The Balaban J connectivity index is 2.16. The summed E-state index contributed by atoms with van der Waals surface area (Å²) in [5, 5.41) is 2.92. The standard InChI is InChI=1S/C11H19NO2/c1-11(2,3)14-8-10(13)12-9-6-4-5-7-9/h4-5,9H,6-8H2,1-3H3,(H,12,13). The zero-order chi connectivity index (χ0) is 10.6. The largest absolute Gasteiger partial charge is 0.366 e. The third-order valence-electron chi connectivity index (χ3n) is 2.01. The number of hydrogen-bond donors (Lipinski definition) is 1. The molecule has 0 spiro atoms. The smallest absolute Gasteiger partial charge is 0.246 e. The van der Waals surface area contributed by atoms with Crippen LogP contribution in [0.25, 0.3) is 0 Å². The van der Waals surface area contributed by atoms with Crippen LogP contribution in [0.1, 0.15) is 33.6 Å². The predicted octanol–water partition coefficient (Wildman–Crippen LogP) is 1.64. The van der Waals surface area contributed by atoms with Crippen LogP contribution in [0.3, 0.4) is 0 Å². The van der Waals surface area contributed by atoms with Crippen molar-refractivity contribution in [2.75, 3.05) is 6.61 Å². The van der Waals surface area contributed by atoms with E-state index in [1.165, 1.54) is 0 Å². The summed E-state index contributed by atoms with van der Waals surface area (Å²) < 4.78 is 5.37. The van der Waals surface area contributed by atoms with Crippen LogP contribution in [0.2, 0.25) is 0 Å². The third kappa shape index (κ3) is 4.42. The molecule has 0 aromatic rings. The molecule has 0 aliphatic heterocycles. The van der Waals surface area contributed by atoms with E-state index < -0.39 is 0 Å². The SMILES string of the molecule is CC(C)(C)OCC(=O)NC1CC=CC1. The lowest BCUT2D eigenvalue weighted by molar-refractivity contribution is -0.131. The van der Waals surface area contributed by atoms with E-state index in [-0.39, 0.29) is 24.2 Å². The van der Waals surface area contributed by atoms with Crippen LogP contribution in [-0.4, -0.2) is 24.2 Å². The van der Waals surface area contributed by atoms with Crippen molar-refractivity contribution in [1.29, 1.82) is 0 Å². The molecule has 0 heterocycles. The second-order valence-electron chi connectivity index (χ2n) is 4.61. The van der Waals surface area contributed by atoms with Gasteiger partial charge in [-0.05, 0) is 33.6 Å². The van der Waals surface area contributed by atoms with Crippen molar-refractivity contribution >= 4 is 5.91 Å². The number of hydrogen-bond acceptors (Lipinski definition) is 2. The first kappa shape index (κ1) is 11.2. The van der Waals surface area contributed by atoms with Gasteiger partial charge in [-0.3, -0.25) is 4.79 Å². The zero-order valence-corrected chi connectivity index (χ0v) is 9.17. The second-order valence-corrected chi connectivity index (χ2v) is 4.61. The highest BCUT2D eigenvalue weighted by molar-refractivity contribution is 5.77. The number of rotatable bonds is 3. The molecule has 1 rings (SSSR count). The van der Waals surface area contributed by atoms with Gasteiger partial charge >= 0.3 is 0 Å². The summed E-state index contributed by atoms with van der Waals surface area (Å²) in [5.74, 6) is -0.0198. The van der Waals surface area contributed by atoms with Crippen molar-refractivity contribution in [2.24, 2.45) is 0 Å². The quantitative estimate of drug-likeness (QED) is 0.698. The third-order valence-corrected chi connectivity index (χ3v) is 2.01. The van der Waals surface area contributed by atoms with Gasteiger partial charge in [-0.2, -0.15) is 0 Å². The van der Waals surface area contributed by atoms with E-state index in [9.17, 15) is 4.79 Å². The van der Waals surface area contributed by atoms with Gasteiger partial charge in [-0.1, -0.05) is 12.2 Å². The summed E-state index contributed by atoms with van der Waals surface area (Å²) in [5.41, 5.74) is -0.245. The summed E-state index contributed by atoms with van der Waals surface area (Å²) >= 11 is 0. The lowest BCUT2D eigenvalue weighted by atomic mass is 10.2. The molecule has 0 atom stereocenters. The molecule has 3 heteroatoms. The Labute approximate surface area is 85.5 Å². The molecule has 80 valence electrons. The maximum Gasteiger partial charge on any atom is 0.246 e. The highest BCUT2D eigenvalue weighted by atomic mass is 16.5. The van der Waals surface area contributed by atoms with Gasteiger partial charge in [-0.15, -0.1) is 0 Å². The Morgan fingerprint density at radius 3 is 2.50 bits per heavy atom. The molecule has 1 N–H and O–H groups in total. The minimum Gasteiger partial charge on any atom is -0.366 e. The number of carbonyl (C=O) groups excluding carboxylic acids is 1.